The number of benzene rings is 3. The Bertz CT molecular complexity index is 920. The van der Waals surface area contributed by atoms with Crippen LogP contribution in [0.3, 0.4) is 0 Å². The van der Waals surface area contributed by atoms with E-state index in [-0.39, 0.29) is 17.7 Å². The zero-order valence-electron chi connectivity index (χ0n) is 14.6. The standard InChI is InChI=1S/C23H20ClNO/c1-25-21-10-6-5-9-19(21)22(17-7-3-2-4-8-17)20(23(25)26)15-16-11-13-18(24)14-12-16/h2-14,20,22H,15H2,1H3. The van der Waals surface area contributed by atoms with Crippen LogP contribution in [0.15, 0.2) is 78.9 Å². The topological polar surface area (TPSA) is 20.3 Å². The SMILES string of the molecule is CN1C(=O)C(Cc2ccc(Cl)cc2)C(c2ccccc2)c2ccccc21. The van der Waals surface area contributed by atoms with Crippen molar-refractivity contribution in [3.05, 3.63) is 101 Å². The molecule has 3 aromatic rings. The number of halogens is 1. The summed E-state index contributed by atoms with van der Waals surface area (Å²) >= 11 is 6.02. The van der Waals surface area contributed by atoms with E-state index in [1.165, 1.54) is 11.1 Å². The molecule has 2 unspecified atom stereocenters. The van der Waals surface area contributed by atoms with Gasteiger partial charge in [0.05, 0.1) is 5.92 Å². The first-order chi connectivity index (χ1) is 12.6. The second kappa shape index (κ2) is 6.97. The molecule has 0 spiro atoms. The van der Waals surface area contributed by atoms with Gasteiger partial charge in [-0.25, -0.2) is 0 Å². The summed E-state index contributed by atoms with van der Waals surface area (Å²) in [7, 11) is 1.87. The van der Waals surface area contributed by atoms with Crippen LogP contribution in [0, 0.1) is 5.92 Å². The van der Waals surface area contributed by atoms with E-state index < -0.39 is 0 Å². The van der Waals surface area contributed by atoms with Gasteiger partial charge in [-0.3, -0.25) is 4.79 Å². The molecule has 1 aliphatic heterocycles. The molecular weight excluding hydrogens is 342 g/mol. The molecule has 2 atom stereocenters. The van der Waals surface area contributed by atoms with Crippen LogP contribution in [0.2, 0.25) is 5.02 Å². The number of carbonyl (C=O) groups excluding carboxylic acids is 1. The normalized spacial score (nSPS) is 19.3. The molecule has 0 aliphatic carbocycles. The van der Waals surface area contributed by atoms with Crippen molar-refractivity contribution in [3.8, 4) is 0 Å². The number of hydrogen-bond acceptors (Lipinski definition) is 1. The van der Waals surface area contributed by atoms with Gasteiger partial charge in [-0.15, -0.1) is 0 Å². The fourth-order valence-electron chi connectivity index (χ4n) is 3.93. The van der Waals surface area contributed by atoms with Gasteiger partial charge >= 0.3 is 0 Å². The van der Waals surface area contributed by atoms with Crippen molar-refractivity contribution in [2.45, 2.75) is 12.3 Å². The molecule has 0 saturated carbocycles. The van der Waals surface area contributed by atoms with Crippen LogP contribution in [0.5, 0.6) is 0 Å². The number of para-hydroxylation sites is 1. The summed E-state index contributed by atoms with van der Waals surface area (Å²) in [5, 5.41) is 0.714. The van der Waals surface area contributed by atoms with Gasteiger partial charge in [-0.2, -0.15) is 0 Å². The van der Waals surface area contributed by atoms with Gasteiger partial charge in [0.2, 0.25) is 5.91 Å². The molecule has 0 radical (unpaired) electrons. The Hall–Kier alpha value is -2.58. The molecule has 1 amide bonds. The van der Waals surface area contributed by atoms with Crippen LogP contribution in [0.1, 0.15) is 22.6 Å². The Morgan fingerprint density at radius 3 is 2.27 bits per heavy atom. The lowest BCUT2D eigenvalue weighted by Gasteiger charge is -2.38. The number of nitrogens with zero attached hydrogens (tertiary/aromatic N) is 1. The number of fused-ring (bicyclic) bond motifs is 1. The van der Waals surface area contributed by atoms with E-state index in [2.05, 4.69) is 24.3 Å². The van der Waals surface area contributed by atoms with Crippen molar-refractivity contribution in [1.82, 2.24) is 0 Å². The third-order valence-corrected chi connectivity index (χ3v) is 5.46. The van der Waals surface area contributed by atoms with E-state index in [1.807, 2.05) is 61.6 Å². The number of anilines is 1. The second-order valence-corrected chi connectivity index (χ2v) is 7.22. The summed E-state index contributed by atoms with van der Waals surface area (Å²) in [6.07, 6.45) is 0.689. The summed E-state index contributed by atoms with van der Waals surface area (Å²) in [5.74, 6) is 0.0674. The van der Waals surface area contributed by atoms with E-state index in [0.29, 0.717) is 11.4 Å². The summed E-state index contributed by atoms with van der Waals surface area (Å²) in [6, 6.07) is 26.4. The molecule has 1 heterocycles. The molecule has 26 heavy (non-hydrogen) atoms. The lowest BCUT2D eigenvalue weighted by molar-refractivity contribution is -0.123. The molecule has 3 heteroatoms. The first-order valence-electron chi connectivity index (χ1n) is 8.81. The van der Waals surface area contributed by atoms with Gasteiger partial charge in [-0.05, 0) is 41.3 Å². The second-order valence-electron chi connectivity index (χ2n) is 6.78. The van der Waals surface area contributed by atoms with Crippen LogP contribution in [-0.2, 0) is 11.2 Å². The highest BCUT2D eigenvalue weighted by Crippen LogP contribution is 2.43. The molecule has 2 nitrogen and oxygen atoms in total. The third kappa shape index (κ3) is 3.02. The summed E-state index contributed by atoms with van der Waals surface area (Å²) in [5.41, 5.74) is 4.51. The van der Waals surface area contributed by atoms with Crippen LogP contribution in [0.25, 0.3) is 0 Å². The van der Waals surface area contributed by atoms with Crippen molar-refractivity contribution in [3.63, 3.8) is 0 Å². The predicted molar refractivity (Wildman–Crippen MR) is 107 cm³/mol. The molecule has 1 aliphatic rings. The van der Waals surface area contributed by atoms with Crippen molar-refractivity contribution >= 4 is 23.2 Å². The third-order valence-electron chi connectivity index (χ3n) is 5.21. The maximum atomic E-state index is 13.2. The molecular formula is C23H20ClNO. The molecule has 0 aromatic heterocycles. The highest BCUT2D eigenvalue weighted by atomic mass is 35.5. The average molecular weight is 362 g/mol. The van der Waals surface area contributed by atoms with Crippen LogP contribution < -0.4 is 4.90 Å². The zero-order chi connectivity index (χ0) is 18.1. The predicted octanol–water partition coefficient (Wildman–Crippen LogP) is 5.31. The number of carbonyl (C=O) groups is 1. The Morgan fingerprint density at radius 1 is 0.885 bits per heavy atom. The van der Waals surface area contributed by atoms with Gasteiger partial charge in [-0.1, -0.05) is 72.3 Å². The Balaban J connectivity index is 1.82. The number of amides is 1. The van der Waals surface area contributed by atoms with E-state index in [4.69, 9.17) is 11.6 Å². The minimum absolute atomic E-state index is 0.0479. The highest BCUT2D eigenvalue weighted by Gasteiger charge is 2.39. The van der Waals surface area contributed by atoms with Gasteiger partial charge < -0.3 is 4.90 Å². The number of hydrogen-bond donors (Lipinski definition) is 0. The summed E-state index contributed by atoms with van der Waals surface area (Å²) in [6.45, 7) is 0. The molecule has 4 rings (SSSR count). The Kier molecular flexibility index (Phi) is 4.52. The monoisotopic (exact) mass is 361 g/mol. The molecule has 0 bridgehead atoms. The van der Waals surface area contributed by atoms with E-state index in [9.17, 15) is 4.79 Å². The fourth-order valence-corrected chi connectivity index (χ4v) is 4.06. The lowest BCUT2D eigenvalue weighted by atomic mass is 9.74. The van der Waals surface area contributed by atoms with E-state index >= 15 is 0 Å². The van der Waals surface area contributed by atoms with Crippen LogP contribution in [-0.4, -0.2) is 13.0 Å². The molecule has 0 fully saturated rings. The average Bonchev–Trinajstić information content (AvgIpc) is 2.68. The molecule has 3 aromatic carbocycles. The molecule has 0 N–H and O–H groups in total. The first-order valence-corrected chi connectivity index (χ1v) is 9.19. The van der Waals surface area contributed by atoms with Crippen molar-refractivity contribution in [2.24, 2.45) is 5.92 Å². The lowest BCUT2D eigenvalue weighted by Crippen LogP contribution is -2.42. The minimum atomic E-state index is -0.140. The van der Waals surface area contributed by atoms with E-state index in [0.717, 1.165) is 11.3 Å². The first kappa shape index (κ1) is 16.9. The summed E-state index contributed by atoms with van der Waals surface area (Å²) in [4.78, 5) is 15.0. The van der Waals surface area contributed by atoms with Crippen molar-refractivity contribution < 1.29 is 4.79 Å². The Morgan fingerprint density at radius 2 is 1.54 bits per heavy atom. The maximum Gasteiger partial charge on any atom is 0.231 e. The van der Waals surface area contributed by atoms with Gasteiger partial charge in [0.1, 0.15) is 0 Å². The van der Waals surface area contributed by atoms with Crippen molar-refractivity contribution in [2.75, 3.05) is 11.9 Å². The quantitative estimate of drug-likeness (QED) is 0.619. The van der Waals surface area contributed by atoms with Crippen LogP contribution in [0.4, 0.5) is 5.69 Å². The van der Waals surface area contributed by atoms with Gasteiger partial charge in [0, 0.05) is 23.7 Å². The molecule has 130 valence electrons. The van der Waals surface area contributed by atoms with E-state index in [1.54, 1.807) is 4.90 Å². The Labute approximate surface area is 159 Å². The van der Waals surface area contributed by atoms with Gasteiger partial charge in [0.15, 0.2) is 0 Å². The fraction of sp³-hybridized carbons (Fsp3) is 0.174. The van der Waals surface area contributed by atoms with Crippen molar-refractivity contribution in [1.29, 1.82) is 0 Å². The smallest absolute Gasteiger partial charge is 0.231 e. The maximum absolute atomic E-state index is 13.2. The summed E-state index contributed by atoms with van der Waals surface area (Å²) < 4.78 is 0. The van der Waals surface area contributed by atoms with Gasteiger partial charge in [0.25, 0.3) is 0 Å². The largest absolute Gasteiger partial charge is 0.315 e. The highest BCUT2D eigenvalue weighted by molar-refractivity contribution is 6.30. The zero-order valence-corrected chi connectivity index (χ0v) is 15.4. The minimum Gasteiger partial charge on any atom is -0.315 e. The molecule has 0 saturated heterocycles. The number of rotatable bonds is 3. The van der Waals surface area contributed by atoms with Crippen LogP contribution >= 0.6 is 11.6 Å².